The zero-order chi connectivity index (χ0) is 12.3. The van der Waals surface area contributed by atoms with Crippen LogP contribution in [0.3, 0.4) is 0 Å². The Hall–Kier alpha value is -1.10. The maximum atomic E-state index is 5.96. The van der Waals surface area contributed by atoms with Crippen molar-refractivity contribution >= 4 is 45.8 Å². The van der Waals surface area contributed by atoms with Crippen molar-refractivity contribution < 1.29 is 0 Å². The van der Waals surface area contributed by atoms with Gasteiger partial charge in [-0.15, -0.1) is 0 Å². The first-order chi connectivity index (χ1) is 8.16. The van der Waals surface area contributed by atoms with Crippen LogP contribution < -0.4 is 11.1 Å². The van der Waals surface area contributed by atoms with E-state index >= 15 is 0 Å². The molecule has 0 saturated carbocycles. The van der Waals surface area contributed by atoms with Crippen molar-refractivity contribution in [3.05, 3.63) is 51.2 Å². The Bertz CT molecular complexity index is 523. The second-order valence-electron chi connectivity index (χ2n) is 3.54. The van der Waals surface area contributed by atoms with Crippen LogP contribution in [0, 0.1) is 0 Å². The van der Waals surface area contributed by atoms with Crippen LogP contribution in [-0.4, -0.2) is 4.99 Å². The van der Waals surface area contributed by atoms with E-state index < -0.39 is 0 Å². The van der Waals surface area contributed by atoms with Crippen LogP contribution in [0.5, 0.6) is 0 Å². The summed E-state index contributed by atoms with van der Waals surface area (Å²) in [6.45, 7) is 0.736. The Morgan fingerprint density at radius 1 is 1.41 bits per heavy atom. The summed E-state index contributed by atoms with van der Waals surface area (Å²) < 4.78 is 0. The lowest BCUT2D eigenvalue weighted by Crippen LogP contribution is -2.13. The highest BCUT2D eigenvalue weighted by Gasteiger charge is 2.05. The van der Waals surface area contributed by atoms with E-state index in [1.807, 2.05) is 17.5 Å². The molecule has 1 aromatic carbocycles. The molecule has 0 unspecified atom stereocenters. The van der Waals surface area contributed by atoms with Gasteiger partial charge in [0.05, 0.1) is 0 Å². The number of halogens is 1. The minimum absolute atomic E-state index is 0.370. The van der Waals surface area contributed by atoms with Gasteiger partial charge in [-0.25, -0.2) is 0 Å². The third-order valence-electron chi connectivity index (χ3n) is 2.31. The van der Waals surface area contributed by atoms with E-state index in [-0.39, 0.29) is 0 Å². The zero-order valence-electron chi connectivity index (χ0n) is 8.94. The average Bonchev–Trinajstić information content (AvgIpc) is 2.78. The van der Waals surface area contributed by atoms with Crippen LogP contribution in [0.15, 0.2) is 35.0 Å². The van der Waals surface area contributed by atoms with Gasteiger partial charge in [0.2, 0.25) is 0 Å². The molecule has 2 rings (SSSR count). The molecular formula is C12H11ClN2S2. The zero-order valence-corrected chi connectivity index (χ0v) is 11.3. The Kier molecular flexibility index (Phi) is 3.99. The fraction of sp³-hybridized carbons (Fsp3) is 0.0833. The number of nitrogens with one attached hydrogen (secondary N) is 1. The average molecular weight is 283 g/mol. The van der Waals surface area contributed by atoms with Gasteiger partial charge in [0.15, 0.2) is 0 Å². The number of nitrogens with two attached hydrogens (primary N) is 1. The van der Waals surface area contributed by atoms with E-state index in [1.165, 1.54) is 5.56 Å². The smallest absolute Gasteiger partial charge is 0.106 e. The maximum absolute atomic E-state index is 5.96. The maximum Gasteiger partial charge on any atom is 0.106 e. The lowest BCUT2D eigenvalue weighted by molar-refractivity contribution is 1.16. The van der Waals surface area contributed by atoms with Crippen LogP contribution in [0.25, 0.3) is 0 Å². The predicted molar refractivity (Wildman–Crippen MR) is 79.0 cm³/mol. The number of benzene rings is 1. The van der Waals surface area contributed by atoms with Gasteiger partial charge in [-0.3, -0.25) is 0 Å². The van der Waals surface area contributed by atoms with Gasteiger partial charge in [0, 0.05) is 22.8 Å². The van der Waals surface area contributed by atoms with Crippen LogP contribution in [-0.2, 0) is 6.54 Å². The summed E-state index contributed by atoms with van der Waals surface area (Å²) in [7, 11) is 0. The Balaban J connectivity index is 2.19. The molecule has 0 saturated heterocycles. The highest BCUT2D eigenvalue weighted by Crippen LogP contribution is 2.22. The molecule has 0 aliphatic carbocycles. The highest BCUT2D eigenvalue weighted by molar-refractivity contribution is 7.80. The van der Waals surface area contributed by atoms with Crippen molar-refractivity contribution in [2.24, 2.45) is 5.73 Å². The summed E-state index contributed by atoms with van der Waals surface area (Å²) in [6.07, 6.45) is 0. The molecule has 0 radical (unpaired) electrons. The number of thiophene rings is 1. The molecule has 5 heteroatoms. The van der Waals surface area contributed by atoms with E-state index in [4.69, 9.17) is 29.6 Å². The fourth-order valence-electron chi connectivity index (χ4n) is 1.47. The molecule has 0 atom stereocenters. The minimum atomic E-state index is 0.370. The minimum Gasteiger partial charge on any atom is -0.389 e. The number of rotatable bonds is 4. The van der Waals surface area contributed by atoms with E-state index in [0.29, 0.717) is 10.0 Å². The topological polar surface area (TPSA) is 38.0 Å². The molecule has 0 amide bonds. The molecule has 2 nitrogen and oxygen atoms in total. The highest BCUT2D eigenvalue weighted by atomic mass is 35.5. The summed E-state index contributed by atoms with van der Waals surface area (Å²) >= 11 is 12.6. The Morgan fingerprint density at radius 2 is 2.24 bits per heavy atom. The lowest BCUT2D eigenvalue weighted by Gasteiger charge is -2.11. The molecule has 0 aliphatic heterocycles. The van der Waals surface area contributed by atoms with Crippen LogP contribution in [0.4, 0.5) is 5.69 Å². The van der Waals surface area contributed by atoms with Gasteiger partial charge in [-0.2, -0.15) is 11.3 Å². The molecule has 1 heterocycles. The number of hydrogen-bond donors (Lipinski definition) is 2. The predicted octanol–water partition coefficient (Wildman–Crippen LogP) is 3.65. The van der Waals surface area contributed by atoms with Crippen molar-refractivity contribution in [1.82, 2.24) is 0 Å². The van der Waals surface area contributed by atoms with Crippen LogP contribution in [0.1, 0.15) is 11.1 Å². The van der Waals surface area contributed by atoms with Crippen molar-refractivity contribution in [1.29, 1.82) is 0 Å². The second kappa shape index (κ2) is 5.49. The van der Waals surface area contributed by atoms with Crippen molar-refractivity contribution in [2.75, 3.05) is 5.32 Å². The summed E-state index contributed by atoms with van der Waals surface area (Å²) in [5.41, 5.74) is 8.58. The summed E-state index contributed by atoms with van der Waals surface area (Å²) in [5, 5.41) is 8.10. The van der Waals surface area contributed by atoms with E-state index in [0.717, 1.165) is 17.8 Å². The normalized spacial score (nSPS) is 10.2. The summed E-state index contributed by atoms with van der Waals surface area (Å²) in [5.74, 6) is 0. The number of thiocarbonyl (C=S) groups is 1. The van der Waals surface area contributed by atoms with Gasteiger partial charge < -0.3 is 11.1 Å². The first-order valence-electron chi connectivity index (χ1n) is 5.01. The van der Waals surface area contributed by atoms with Crippen molar-refractivity contribution in [3.8, 4) is 0 Å². The summed E-state index contributed by atoms with van der Waals surface area (Å²) in [6, 6.07) is 7.53. The second-order valence-corrected chi connectivity index (χ2v) is 5.20. The monoisotopic (exact) mass is 282 g/mol. The van der Waals surface area contributed by atoms with Gasteiger partial charge in [0.1, 0.15) is 4.99 Å². The third kappa shape index (κ3) is 3.19. The number of hydrogen-bond acceptors (Lipinski definition) is 3. The third-order valence-corrected chi connectivity index (χ3v) is 3.50. The van der Waals surface area contributed by atoms with Crippen molar-refractivity contribution in [2.45, 2.75) is 6.54 Å². The van der Waals surface area contributed by atoms with Crippen LogP contribution >= 0.6 is 35.2 Å². The number of anilines is 1. The largest absolute Gasteiger partial charge is 0.389 e. The molecule has 0 bridgehead atoms. The van der Waals surface area contributed by atoms with E-state index in [2.05, 4.69) is 16.8 Å². The Labute approximate surface area is 114 Å². The van der Waals surface area contributed by atoms with E-state index in [1.54, 1.807) is 17.4 Å². The first kappa shape index (κ1) is 12.4. The van der Waals surface area contributed by atoms with Crippen LogP contribution in [0.2, 0.25) is 5.02 Å². The summed E-state index contributed by atoms with van der Waals surface area (Å²) in [4.78, 5) is 0.370. The quantitative estimate of drug-likeness (QED) is 0.841. The molecule has 0 spiro atoms. The fourth-order valence-corrected chi connectivity index (χ4v) is 2.49. The Morgan fingerprint density at radius 3 is 2.88 bits per heavy atom. The van der Waals surface area contributed by atoms with Crippen molar-refractivity contribution in [3.63, 3.8) is 0 Å². The molecule has 0 fully saturated rings. The molecule has 1 aromatic heterocycles. The SMILES string of the molecule is NC(=S)c1ccc(Cl)cc1NCc1ccsc1. The lowest BCUT2D eigenvalue weighted by atomic mass is 10.1. The molecule has 88 valence electrons. The molecule has 0 aliphatic rings. The van der Waals surface area contributed by atoms with Gasteiger partial charge in [0.25, 0.3) is 0 Å². The van der Waals surface area contributed by atoms with E-state index in [9.17, 15) is 0 Å². The molecule has 3 N–H and O–H groups in total. The standard InChI is InChI=1S/C12H11ClN2S2/c13-9-1-2-10(12(14)16)11(5-9)15-6-8-3-4-17-7-8/h1-5,7,15H,6H2,(H2,14,16). The van der Waals surface area contributed by atoms with Gasteiger partial charge in [-0.1, -0.05) is 23.8 Å². The molecule has 17 heavy (non-hydrogen) atoms. The molecule has 2 aromatic rings. The molecular weight excluding hydrogens is 272 g/mol. The first-order valence-corrected chi connectivity index (χ1v) is 6.74. The van der Waals surface area contributed by atoms with Gasteiger partial charge >= 0.3 is 0 Å². The van der Waals surface area contributed by atoms with Gasteiger partial charge in [-0.05, 0) is 40.6 Å².